The number of nitrogens with zero attached hydrogens (tertiary/aromatic N) is 3. The lowest BCUT2D eigenvalue weighted by Crippen LogP contribution is -2.42. The second-order valence-corrected chi connectivity index (χ2v) is 5.07. The first-order valence-electron chi connectivity index (χ1n) is 6.52. The number of carboxylic acid groups (broad SMARTS) is 1. The molecule has 19 heavy (non-hydrogen) atoms. The molecule has 0 bridgehead atoms. The SMILES string of the molecule is Cc1nn(C)cc1C(=O)N(CC(=O)O)C1CCCC1. The Bertz CT molecular complexity index is 489. The van der Waals surface area contributed by atoms with Crippen LogP contribution in [-0.4, -0.2) is 44.3 Å². The van der Waals surface area contributed by atoms with Crippen molar-refractivity contribution >= 4 is 11.9 Å². The molecular formula is C13H19N3O3. The van der Waals surface area contributed by atoms with Crippen molar-refractivity contribution in [2.24, 2.45) is 7.05 Å². The van der Waals surface area contributed by atoms with Gasteiger partial charge in [-0.1, -0.05) is 12.8 Å². The minimum atomic E-state index is -0.971. The molecule has 1 heterocycles. The molecule has 1 aliphatic carbocycles. The quantitative estimate of drug-likeness (QED) is 0.887. The van der Waals surface area contributed by atoms with Crippen LogP contribution in [0.25, 0.3) is 0 Å². The standard InChI is InChI=1S/C13H19N3O3/c1-9-11(7-15(2)14-9)13(19)16(8-12(17)18)10-5-3-4-6-10/h7,10H,3-6,8H2,1-2H3,(H,17,18). The van der Waals surface area contributed by atoms with E-state index in [9.17, 15) is 9.59 Å². The molecule has 1 N–H and O–H groups in total. The van der Waals surface area contributed by atoms with E-state index in [1.54, 1.807) is 24.9 Å². The zero-order chi connectivity index (χ0) is 14.0. The Balaban J connectivity index is 2.24. The molecule has 1 aliphatic rings. The Kier molecular flexibility index (Phi) is 3.87. The summed E-state index contributed by atoms with van der Waals surface area (Å²) in [5, 5.41) is 13.1. The minimum absolute atomic E-state index is 0.0446. The maximum absolute atomic E-state index is 12.5. The smallest absolute Gasteiger partial charge is 0.323 e. The fraction of sp³-hybridized carbons (Fsp3) is 0.615. The second kappa shape index (κ2) is 5.42. The molecule has 0 spiro atoms. The van der Waals surface area contributed by atoms with Crippen LogP contribution in [0.2, 0.25) is 0 Å². The number of amides is 1. The maximum atomic E-state index is 12.5. The summed E-state index contributed by atoms with van der Waals surface area (Å²) in [7, 11) is 1.75. The number of aryl methyl sites for hydroxylation is 2. The van der Waals surface area contributed by atoms with Crippen LogP contribution in [0.15, 0.2) is 6.20 Å². The summed E-state index contributed by atoms with van der Waals surface area (Å²) in [5.41, 5.74) is 1.14. The van der Waals surface area contributed by atoms with Gasteiger partial charge >= 0.3 is 5.97 Å². The average molecular weight is 265 g/mol. The van der Waals surface area contributed by atoms with Gasteiger partial charge in [0, 0.05) is 19.3 Å². The van der Waals surface area contributed by atoms with Crippen LogP contribution in [0.4, 0.5) is 0 Å². The second-order valence-electron chi connectivity index (χ2n) is 5.07. The molecule has 1 aromatic heterocycles. The van der Waals surface area contributed by atoms with E-state index in [-0.39, 0.29) is 18.5 Å². The first-order chi connectivity index (χ1) is 8.99. The Hall–Kier alpha value is -1.85. The van der Waals surface area contributed by atoms with E-state index in [1.807, 2.05) is 0 Å². The third-order valence-electron chi connectivity index (χ3n) is 3.58. The van der Waals surface area contributed by atoms with Gasteiger partial charge in [0.25, 0.3) is 5.91 Å². The number of aromatic nitrogens is 2. The van der Waals surface area contributed by atoms with Gasteiger partial charge in [-0.3, -0.25) is 14.3 Å². The van der Waals surface area contributed by atoms with Crippen LogP contribution in [0, 0.1) is 6.92 Å². The number of rotatable bonds is 4. The van der Waals surface area contributed by atoms with E-state index in [4.69, 9.17) is 5.11 Å². The maximum Gasteiger partial charge on any atom is 0.323 e. The highest BCUT2D eigenvalue weighted by atomic mass is 16.4. The van der Waals surface area contributed by atoms with Crippen LogP contribution < -0.4 is 0 Å². The van der Waals surface area contributed by atoms with Crippen LogP contribution >= 0.6 is 0 Å². The third kappa shape index (κ3) is 2.94. The molecule has 1 fully saturated rings. The predicted molar refractivity (Wildman–Crippen MR) is 68.9 cm³/mol. The van der Waals surface area contributed by atoms with E-state index in [0.29, 0.717) is 11.3 Å². The third-order valence-corrected chi connectivity index (χ3v) is 3.58. The zero-order valence-electron chi connectivity index (χ0n) is 11.3. The van der Waals surface area contributed by atoms with Crippen LogP contribution in [0.1, 0.15) is 41.7 Å². The number of carbonyl (C=O) groups excluding carboxylic acids is 1. The highest BCUT2D eigenvalue weighted by Gasteiger charge is 2.30. The lowest BCUT2D eigenvalue weighted by molar-refractivity contribution is -0.138. The summed E-state index contributed by atoms with van der Waals surface area (Å²) >= 11 is 0. The van der Waals surface area contributed by atoms with Gasteiger partial charge in [-0.2, -0.15) is 5.10 Å². The van der Waals surface area contributed by atoms with Gasteiger partial charge in [-0.15, -0.1) is 0 Å². The van der Waals surface area contributed by atoms with Gasteiger partial charge in [-0.25, -0.2) is 0 Å². The molecule has 2 rings (SSSR count). The van der Waals surface area contributed by atoms with Gasteiger partial charge in [0.15, 0.2) is 0 Å². The molecule has 6 nitrogen and oxygen atoms in total. The fourth-order valence-corrected chi connectivity index (χ4v) is 2.69. The van der Waals surface area contributed by atoms with E-state index >= 15 is 0 Å². The largest absolute Gasteiger partial charge is 0.480 e. The minimum Gasteiger partial charge on any atom is -0.480 e. The first kappa shape index (κ1) is 13.6. The molecule has 0 atom stereocenters. The monoisotopic (exact) mass is 265 g/mol. The van der Waals surface area contributed by atoms with E-state index in [2.05, 4.69) is 5.10 Å². The summed E-state index contributed by atoms with van der Waals surface area (Å²) in [6.45, 7) is 1.53. The lowest BCUT2D eigenvalue weighted by Gasteiger charge is -2.27. The van der Waals surface area contributed by atoms with Crippen LogP contribution in [0.3, 0.4) is 0 Å². The fourth-order valence-electron chi connectivity index (χ4n) is 2.69. The number of aliphatic carboxylic acids is 1. The van der Waals surface area contributed by atoms with Crippen molar-refractivity contribution in [2.75, 3.05) is 6.54 Å². The van der Waals surface area contributed by atoms with Crippen molar-refractivity contribution < 1.29 is 14.7 Å². The molecule has 0 unspecified atom stereocenters. The summed E-state index contributed by atoms with van der Waals surface area (Å²) in [6.07, 6.45) is 5.54. The average Bonchev–Trinajstić information content (AvgIpc) is 2.94. The van der Waals surface area contributed by atoms with E-state index in [0.717, 1.165) is 25.7 Å². The lowest BCUT2D eigenvalue weighted by atomic mass is 10.1. The van der Waals surface area contributed by atoms with Crippen molar-refractivity contribution in [3.05, 3.63) is 17.5 Å². The Morgan fingerprint density at radius 2 is 2.11 bits per heavy atom. The van der Waals surface area contributed by atoms with Crippen LogP contribution in [0.5, 0.6) is 0 Å². The summed E-state index contributed by atoms with van der Waals surface area (Å²) < 4.78 is 1.58. The Morgan fingerprint density at radius 1 is 1.47 bits per heavy atom. The van der Waals surface area contributed by atoms with E-state index < -0.39 is 5.97 Å². The van der Waals surface area contributed by atoms with E-state index in [1.165, 1.54) is 4.90 Å². The first-order valence-corrected chi connectivity index (χ1v) is 6.52. The molecule has 0 aliphatic heterocycles. The van der Waals surface area contributed by atoms with Crippen molar-refractivity contribution in [2.45, 2.75) is 38.6 Å². The van der Waals surface area contributed by atoms with Gasteiger partial charge in [-0.05, 0) is 19.8 Å². The summed E-state index contributed by atoms with van der Waals surface area (Å²) in [6, 6.07) is 0.0446. The predicted octanol–water partition coefficient (Wildman–Crippen LogP) is 1.20. The van der Waals surface area contributed by atoms with Gasteiger partial charge in [0.2, 0.25) is 0 Å². The molecule has 0 radical (unpaired) electrons. The number of hydrogen-bond acceptors (Lipinski definition) is 3. The molecule has 0 saturated heterocycles. The molecule has 0 aromatic carbocycles. The number of carbonyl (C=O) groups is 2. The molecule has 1 saturated carbocycles. The van der Waals surface area contributed by atoms with Gasteiger partial charge in [0.05, 0.1) is 11.3 Å². The van der Waals surface area contributed by atoms with Crippen molar-refractivity contribution in [3.63, 3.8) is 0 Å². The zero-order valence-corrected chi connectivity index (χ0v) is 11.3. The number of carboxylic acids is 1. The van der Waals surface area contributed by atoms with Crippen molar-refractivity contribution in [1.82, 2.24) is 14.7 Å². The van der Waals surface area contributed by atoms with Crippen molar-refractivity contribution in [1.29, 1.82) is 0 Å². The van der Waals surface area contributed by atoms with Gasteiger partial charge in [0.1, 0.15) is 6.54 Å². The van der Waals surface area contributed by atoms with Crippen molar-refractivity contribution in [3.8, 4) is 0 Å². The van der Waals surface area contributed by atoms with Crippen LogP contribution in [-0.2, 0) is 11.8 Å². The topological polar surface area (TPSA) is 75.4 Å². The summed E-state index contributed by atoms with van der Waals surface area (Å²) in [4.78, 5) is 25.0. The normalized spacial score (nSPS) is 15.7. The number of hydrogen-bond donors (Lipinski definition) is 1. The molecule has 6 heteroatoms. The van der Waals surface area contributed by atoms with Gasteiger partial charge < -0.3 is 10.0 Å². The highest BCUT2D eigenvalue weighted by Crippen LogP contribution is 2.25. The molecular weight excluding hydrogens is 246 g/mol. The molecule has 1 aromatic rings. The highest BCUT2D eigenvalue weighted by molar-refractivity contribution is 5.96. The Morgan fingerprint density at radius 3 is 2.58 bits per heavy atom. The molecule has 104 valence electrons. The molecule has 1 amide bonds. The Labute approximate surface area is 112 Å². The summed E-state index contributed by atoms with van der Waals surface area (Å²) in [5.74, 6) is -1.19.